The molecule has 0 radical (unpaired) electrons. The molecule has 1 aliphatic carbocycles. The van der Waals surface area contributed by atoms with Crippen LogP contribution in [0.4, 0.5) is 0 Å². The molecule has 0 spiro atoms. The van der Waals surface area contributed by atoms with E-state index in [2.05, 4.69) is 17.1 Å². The highest BCUT2D eigenvalue weighted by atomic mass is 127. The van der Waals surface area contributed by atoms with Crippen molar-refractivity contribution in [1.82, 2.24) is 10.2 Å². The SMILES string of the molecule is CCNC(=NCCCOC1CCOCC1)N1CC2CCCCC2C1.I. The summed E-state index contributed by atoms with van der Waals surface area (Å²) in [5.41, 5.74) is 0. The summed E-state index contributed by atoms with van der Waals surface area (Å²) in [7, 11) is 0. The lowest BCUT2D eigenvalue weighted by molar-refractivity contribution is -0.0318. The van der Waals surface area contributed by atoms with Crippen LogP contribution in [0.1, 0.15) is 51.9 Å². The number of nitrogens with zero attached hydrogens (tertiary/aromatic N) is 2. The number of likely N-dealkylation sites (tertiary alicyclic amines) is 1. The zero-order valence-electron chi connectivity index (χ0n) is 15.8. The second kappa shape index (κ2) is 11.6. The average molecular weight is 465 g/mol. The van der Waals surface area contributed by atoms with Gasteiger partial charge in [0.1, 0.15) is 0 Å². The van der Waals surface area contributed by atoms with E-state index in [1.54, 1.807) is 0 Å². The number of halogens is 1. The van der Waals surface area contributed by atoms with Crippen molar-refractivity contribution in [2.24, 2.45) is 16.8 Å². The molecule has 2 atom stereocenters. The third-order valence-electron chi connectivity index (χ3n) is 5.70. The molecule has 3 fully saturated rings. The molecule has 3 aliphatic rings. The zero-order chi connectivity index (χ0) is 16.6. The van der Waals surface area contributed by atoms with Gasteiger partial charge in [0, 0.05) is 46.0 Å². The largest absolute Gasteiger partial charge is 0.381 e. The van der Waals surface area contributed by atoms with Gasteiger partial charge >= 0.3 is 0 Å². The van der Waals surface area contributed by atoms with Crippen LogP contribution in [0.5, 0.6) is 0 Å². The van der Waals surface area contributed by atoms with Gasteiger partial charge in [0.05, 0.1) is 6.10 Å². The molecule has 2 heterocycles. The van der Waals surface area contributed by atoms with E-state index in [1.165, 1.54) is 38.8 Å². The molecule has 5 nitrogen and oxygen atoms in total. The Morgan fingerprint density at radius 2 is 1.80 bits per heavy atom. The molecule has 0 aromatic heterocycles. The van der Waals surface area contributed by atoms with E-state index < -0.39 is 0 Å². The molecule has 6 heteroatoms. The fourth-order valence-electron chi connectivity index (χ4n) is 4.35. The second-order valence-corrected chi connectivity index (χ2v) is 7.48. The Hall–Kier alpha value is -0.0800. The number of aliphatic imine (C=N–C) groups is 1. The Balaban J connectivity index is 0.00000225. The van der Waals surface area contributed by atoms with Gasteiger partial charge in [-0.3, -0.25) is 4.99 Å². The average Bonchev–Trinajstić information content (AvgIpc) is 3.05. The van der Waals surface area contributed by atoms with Gasteiger partial charge < -0.3 is 19.7 Å². The summed E-state index contributed by atoms with van der Waals surface area (Å²) in [6, 6.07) is 0. The van der Waals surface area contributed by atoms with E-state index in [4.69, 9.17) is 14.5 Å². The third-order valence-corrected chi connectivity index (χ3v) is 5.70. The first-order valence-corrected chi connectivity index (χ1v) is 10.1. The van der Waals surface area contributed by atoms with Crippen molar-refractivity contribution in [2.45, 2.75) is 58.0 Å². The maximum Gasteiger partial charge on any atom is 0.193 e. The van der Waals surface area contributed by atoms with E-state index in [1.807, 2.05) is 0 Å². The standard InChI is InChI=1S/C19H35N3O2.HI/c1-2-20-19(22-14-16-6-3-4-7-17(16)15-22)21-10-5-11-24-18-8-12-23-13-9-18;/h16-18H,2-15H2,1H3,(H,20,21);1H. The predicted octanol–water partition coefficient (Wildman–Crippen LogP) is 3.28. The van der Waals surface area contributed by atoms with Crippen molar-refractivity contribution < 1.29 is 9.47 Å². The molecular formula is C19H36IN3O2. The van der Waals surface area contributed by atoms with Gasteiger partial charge in [-0.1, -0.05) is 12.8 Å². The molecule has 0 amide bonds. The Bertz CT molecular complexity index is 388. The lowest BCUT2D eigenvalue weighted by atomic mass is 9.82. The molecule has 25 heavy (non-hydrogen) atoms. The van der Waals surface area contributed by atoms with E-state index in [0.717, 1.165) is 70.0 Å². The Labute approximate surface area is 170 Å². The fourth-order valence-corrected chi connectivity index (χ4v) is 4.35. The number of nitrogens with one attached hydrogen (secondary N) is 1. The highest BCUT2D eigenvalue weighted by Crippen LogP contribution is 2.35. The van der Waals surface area contributed by atoms with E-state index in [-0.39, 0.29) is 24.0 Å². The number of guanidine groups is 1. The summed E-state index contributed by atoms with van der Waals surface area (Å²) in [6.45, 7) is 8.89. The predicted molar refractivity (Wildman–Crippen MR) is 113 cm³/mol. The molecule has 3 rings (SSSR count). The van der Waals surface area contributed by atoms with E-state index >= 15 is 0 Å². The molecule has 1 N–H and O–H groups in total. The van der Waals surface area contributed by atoms with Crippen molar-refractivity contribution in [1.29, 1.82) is 0 Å². The minimum atomic E-state index is 0. The summed E-state index contributed by atoms with van der Waals surface area (Å²) >= 11 is 0. The zero-order valence-corrected chi connectivity index (χ0v) is 18.1. The van der Waals surface area contributed by atoms with Gasteiger partial charge in [0.2, 0.25) is 0 Å². The van der Waals surface area contributed by atoms with Gasteiger partial charge in [0.15, 0.2) is 5.96 Å². The molecule has 0 bridgehead atoms. The van der Waals surface area contributed by atoms with E-state index in [0.29, 0.717) is 6.10 Å². The summed E-state index contributed by atoms with van der Waals surface area (Å²) < 4.78 is 11.3. The fraction of sp³-hybridized carbons (Fsp3) is 0.947. The maximum atomic E-state index is 5.94. The molecule has 146 valence electrons. The summed E-state index contributed by atoms with van der Waals surface area (Å²) in [5.74, 6) is 2.93. The highest BCUT2D eigenvalue weighted by molar-refractivity contribution is 14.0. The maximum absolute atomic E-state index is 5.94. The molecule has 2 saturated heterocycles. The Morgan fingerprint density at radius 1 is 1.12 bits per heavy atom. The monoisotopic (exact) mass is 465 g/mol. The van der Waals surface area contributed by atoms with Crippen molar-refractivity contribution >= 4 is 29.9 Å². The minimum absolute atomic E-state index is 0. The van der Waals surface area contributed by atoms with Crippen LogP contribution in [0.2, 0.25) is 0 Å². The van der Waals surface area contributed by atoms with Crippen molar-refractivity contribution in [3.8, 4) is 0 Å². The van der Waals surface area contributed by atoms with Crippen LogP contribution in [0.3, 0.4) is 0 Å². The van der Waals surface area contributed by atoms with Gasteiger partial charge in [-0.25, -0.2) is 0 Å². The quantitative estimate of drug-likeness (QED) is 0.283. The molecular weight excluding hydrogens is 429 g/mol. The summed E-state index contributed by atoms with van der Waals surface area (Å²) in [4.78, 5) is 7.37. The minimum Gasteiger partial charge on any atom is -0.381 e. The van der Waals surface area contributed by atoms with Crippen LogP contribution in [0.15, 0.2) is 4.99 Å². The van der Waals surface area contributed by atoms with Crippen LogP contribution in [0.25, 0.3) is 0 Å². The molecule has 0 aromatic rings. The Morgan fingerprint density at radius 3 is 2.44 bits per heavy atom. The molecule has 2 aliphatic heterocycles. The summed E-state index contributed by atoms with van der Waals surface area (Å²) in [5, 5.41) is 3.49. The topological polar surface area (TPSA) is 46.1 Å². The van der Waals surface area contributed by atoms with Crippen LogP contribution in [0, 0.1) is 11.8 Å². The number of hydrogen-bond acceptors (Lipinski definition) is 3. The normalized spacial score (nSPS) is 27.7. The Kier molecular flexibility index (Phi) is 9.84. The van der Waals surface area contributed by atoms with Crippen molar-refractivity contribution in [3.63, 3.8) is 0 Å². The lowest BCUT2D eigenvalue weighted by Gasteiger charge is -2.23. The van der Waals surface area contributed by atoms with Gasteiger partial charge in [-0.05, 0) is 50.9 Å². The van der Waals surface area contributed by atoms with Gasteiger partial charge in [-0.15, -0.1) is 24.0 Å². The second-order valence-electron chi connectivity index (χ2n) is 7.48. The molecule has 1 saturated carbocycles. The van der Waals surface area contributed by atoms with Gasteiger partial charge in [-0.2, -0.15) is 0 Å². The first-order valence-electron chi connectivity index (χ1n) is 10.1. The molecule has 2 unspecified atom stereocenters. The van der Waals surface area contributed by atoms with Gasteiger partial charge in [0.25, 0.3) is 0 Å². The van der Waals surface area contributed by atoms with Crippen molar-refractivity contribution in [2.75, 3.05) is 46.0 Å². The van der Waals surface area contributed by atoms with Crippen LogP contribution < -0.4 is 5.32 Å². The molecule has 0 aromatic carbocycles. The smallest absolute Gasteiger partial charge is 0.193 e. The number of ether oxygens (including phenoxy) is 2. The first kappa shape index (κ1) is 21.2. The highest BCUT2D eigenvalue weighted by Gasteiger charge is 2.35. The summed E-state index contributed by atoms with van der Waals surface area (Å²) in [6.07, 6.45) is 9.17. The number of hydrogen-bond donors (Lipinski definition) is 1. The van der Waals surface area contributed by atoms with Crippen LogP contribution in [-0.4, -0.2) is 63.0 Å². The van der Waals surface area contributed by atoms with Crippen LogP contribution in [-0.2, 0) is 9.47 Å². The van der Waals surface area contributed by atoms with E-state index in [9.17, 15) is 0 Å². The van der Waals surface area contributed by atoms with Crippen molar-refractivity contribution in [3.05, 3.63) is 0 Å². The first-order chi connectivity index (χ1) is 11.9. The third kappa shape index (κ3) is 6.54. The number of rotatable bonds is 6. The van der Waals surface area contributed by atoms with Crippen LogP contribution >= 0.6 is 24.0 Å². The number of fused-ring (bicyclic) bond motifs is 1. The lowest BCUT2D eigenvalue weighted by Crippen LogP contribution is -2.40.